The topological polar surface area (TPSA) is 86.6 Å². The highest BCUT2D eigenvalue weighted by Crippen LogP contribution is 2.29. The van der Waals surface area contributed by atoms with Crippen LogP contribution in [0.25, 0.3) is 0 Å². The Labute approximate surface area is 144 Å². The number of carbonyl (C=O) groups excluding carboxylic acids is 1. The van der Waals surface area contributed by atoms with Gasteiger partial charge in [0.15, 0.2) is 6.04 Å². The van der Waals surface area contributed by atoms with Gasteiger partial charge in [0, 0.05) is 6.08 Å². The Morgan fingerprint density at radius 3 is 2.50 bits per heavy atom. The summed E-state index contributed by atoms with van der Waals surface area (Å²) in [5.41, 5.74) is 0. The van der Waals surface area contributed by atoms with Crippen molar-refractivity contribution < 1.29 is 19.8 Å². The molecular formula is C19H31NO4. The number of carbonyl (C=O) groups is 2. The van der Waals surface area contributed by atoms with Crippen LogP contribution in [0.15, 0.2) is 24.3 Å². The minimum Gasteiger partial charge on any atom is -0.480 e. The summed E-state index contributed by atoms with van der Waals surface area (Å²) in [6, 6.07) is -1.29. The monoisotopic (exact) mass is 337 g/mol. The van der Waals surface area contributed by atoms with Crippen molar-refractivity contribution in [3.63, 3.8) is 0 Å². The lowest BCUT2D eigenvalue weighted by Crippen LogP contribution is -2.47. The smallest absolute Gasteiger partial charge is 0.328 e. The second-order valence-corrected chi connectivity index (χ2v) is 6.64. The van der Waals surface area contributed by atoms with Gasteiger partial charge in [-0.25, -0.2) is 4.79 Å². The van der Waals surface area contributed by atoms with Crippen LogP contribution in [0.2, 0.25) is 0 Å². The number of unbranched alkanes of at least 4 members (excludes halogenated alkanes) is 3. The molecule has 1 aliphatic carbocycles. The van der Waals surface area contributed by atoms with E-state index in [0.29, 0.717) is 0 Å². The summed E-state index contributed by atoms with van der Waals surface area (Å²) in [4.78, 5) is 22.4. The lowest BCUT2D eigenvalue weighted by Gasteiger charge is -2.15. The third-order valence-electron chi connectivity index (χ3n) is 4.50. The SMILES string of the molecule is C[C@@H](O)[C@H](NC(=O)/C=C/C=C/CCCCCC1CCCC1)C(=O)O. The first kappa shape index (κ1) is 20.4. The number of rotatable bonds is 11. The van der Waals surface area contributed by atoms with Crippen LogP contribution in [-0.2, 0) is 9.59 Å². The van der Waals surface area contributed by atoms with E-state index in [0.717, 1.165) is 18.8 Å². The van der Waals surface area contributed by atoms with Crippen LogP contribution in [0.5, 0.6) is 0 Å². The molecule has 0 aromatic carbocycles. The molecule has 3 N–H and O–H groups in total. The predicted molar refractivity (Wildman–Crippen MR) is 94.6 cm³/mol. The second kappa shape index (κ2) is 11.8. The molecule has 1 saturated carbocycles. The summed E-state index contributed by atoms with van der Waals surface area (Å²) >= 11 is 0. The zero-order chi connectivity index (χ0) is 17.8. The van der Waals surface area contributed by atoms with Gasteiger partial charge in [0.2, 0.25) is 5.91 Å². The summed E-state index contributed by atoms with van der Waals surface area (Å²) in [7, 11) is 0. The summed E-state index contributed by atoms with van der Waals surface area (Å²) in [5, 5.41) is 20.4. The molecule has 136 valence electrons. The predicted octanol–water partition coefficient (Wildman–Crippen LogP) is 3.19. The molecule has 0 radical (unpaired) electrons. The Hall–Kier alpha value is -1.62. The Morgan fingerprint density at radius 2 is 1.88 bits per heavy atom. The minimum absolute atomic E-state index is 0.524. The zero-order valence-electron chi connectivity index (χ0n) is 14.6. The fraction of sp³-hybridized carbons (Fsp3) is 0.684. The molecule has 5 nitrogen and oxygen atoms in total. The Balaban J connectivity index is 2.08. The van der Waals surface area contributed by atoms with E-state index in [-0.39, 0.29) is 0 Å². The number of aliphatic hydroxyl groups is 1. The molecule has 2 atom stereocenters. The number of carboxylic acids is 1. The molecular weight excluding hydrogens is 306 g/mol. The van der Waals surface area contributed by atoms with Gasteiger partial charge in [-0.1, -0.05) is 63.2 Å². The molecule has 0 heterocycles. The molecule has 1 fully saturated rings. The van der Waals surface area contributed by atoms with E-state index in [1.807, 2.05) is 6.08 Å². The molecule has 0 aromatic rings. The number of hydrogen-bond acceptors (Lipinski definition) is 3. The molecule has 0 bridgehead atoms. The molecule has 1 amide bonds. The number of carboxylic acid groups (broad SMARTS) is 1. The lowest BCUT2D eigenvalue weighted by atomic mass is 9.99. The van der Waals surface area contributed by atoms with E-state index in [9.17, 15) is 14.7 Å². The summed E-state index contributed by atoms with van der Waals surface area (Å²) in [6.45, 7) is 1.33. The third kappa shape index (κ3) is 8.87. The van der Waals surface area contributed by atoms with Crippen molar-refractivity contribution >= 4 is 11.9 Å². The van der Waals surface area contributed by atoms with Crippen molar-refractivity contribution in [3.8, 4) is 0 Å². The third-order valence-corrected chi connectivity index (χ3v) is 4.50. The second-order valence-electron chi connectivity index (χ2n) is 6.64. The fourth-order valence-electron chi connectivity index (χ4n) is 3.08. The summed E-state index contributed by atoms with van der Waals surface area (Å²) in [5.74, 6) is -0.803. The summed E-state index contributed by atoms with van der Waals surface area (Å²) < 4.78 is 0. The molecule has 1 aliphatic rings. The van der Waals surface area contributed by atoms with Crippen molar-refractivity contribution in [2.45, 2.75) is 76.9 Å². The van der Waals surface area contributed by atoms with Crippen molar-refractivity contribution in [1.29, 1.82) is 0 Å². The number of aliphatic hydroxyl groups excluding tert-OH is 1. The van der Waals surface area contributed by atoms with E-state index in [1.54, 1.807) is 12.2 Å². The quantitative estimate of drug-likeness (QED) is 0.307. The fourth-order valence-corrected chi connectivity index (χ4v) is 3.08. The van der Waals surface area contributed by atoms with Gasteiger partial charge in [-0.2, -0.15) is 0 Å². The number of aliphatic carboxylic acids is 1. The maximum Gasteiger partial charge on any atom is 0.328 e. The minimum atomic E-state index is -1.29. The van der Waals surface area contributed by atoms with Crippen molar-refractivity contribution in [2.24, 2.45) is 5.92 Å². The number of nitrogens with one attached hydrogen (secondary N) is 1. The van der Waals surface area contributed by atoms with Crippen molar-refractivity contribution in [3.05, 3.63) is 24.3 Å². The average Bonchev–Trinajstić information content (AvgIpc) is 3.03. The van der Waals surface area contributed by atoms with Gasteiger partial charge < -0.3 is 15.5 Å². The normalized spacial score (nSPS) is 18.2. The largest absolute Gasteiger partial charge is 0.480 e. The number of hydrogen-bond donors (Lipinski definition) is 3. The van der Waals surface area contributed by atoms with Gasteiger partial charge in [-0.3, -0.25) is 4.79 Å². The average molecular weight is 337 g/mol. The standard InChI is InChI=1S/C19H31NO4/c1-15(21)18(19(23)24)20-17(22)14-8-6-4-2-3-5-7-11-16-12-9-10-13-16/h4,6,8,14-16,18,21H,2-3,5,7,9-13H2,1H3,(H,20,22)(H,23,24)/b6-4+,14-8+/t15-,18+/m1/s1. The van der Waals surface area contributed by atoms with Gasteiger partial charge in [-0.05, 0) is 25.7 Å². The van der Waals surface area contributed by atoms with Crippen LogP contribution in [0.1, 0.15) is 64.7 Å². The van der Waals surface area contributed by atoms with E-state index in [4.69, 9.17) is 5.11 Å². The molecule has 5 heteroatoms. The molecule has 0 aromatic heterocycles. The van der Waals surface area contributed by atoms with Gasteiger partial charge in [0.1, 0.15) is 0 Å². The van der Waals surface area contributed by atoms with Crippen LogP contribution in [0.3, 0.4) is 0 Å². The lowest BCUT2D eigenvalue weighted by molar-refractivity contribution is -0.144. The molecule has 24 heavy (non-hydrogen) atoms. The Kier molecular flexibility index (Phi) is 10.1. The van der Waals surface area contributed by atoms with Gasteiger partial charge >= 0.3 is 5.97 Å². The van der Waals surface area contributed by atoms with Gasteiger partial charge in [0.05, 0.1) is 6.10 Å². The highest BCUT2D eigenvalue weighted by molar-refractivity contribution is 5.91. The first-order valence-corrected chi connectivity index (χ1v) is 9.05. The van der Waals surface area contributed by atoms with E-state index in [2.05, 4.69) is 5.32 Å². The maximum atomic E-state index is 11.6. The first-order valence-electron chi connectivity index (χ1n) is 9.05. The molecule has 0 aliphatic heterocycles. The highest BCUT2D eigenvalue weighted by Gasteiger charge is 2.23. The molecule has 0 saturated heterocycles. The van der Waals surface area contributed by atoms with Gasteiger partial charge in [-0.15, -0.1) is 0 Å². The van der Waals surface area contributed by atoms with Crippen molar-refractivity contribution in [2.75, 3.05) is 0 Å². The molecule has 0 spiro atoms. The van der Waals surface area contributed by atoms with Crippen LogP contribution >= 0.6 is 0 Å². The Morgan fingerprint density at radius 1 is 1.17 bits per heavy atom. The number of amides is 1. The van der Waals surface area contributed by atoms with Crippen LogP contribution in [-0.4, -0.2) is 34.2 Å². The molecule has 0 unspecified atom stereocenters. The van der Waals surface area contributed by atoms with E-state index < -0.39 is 24.0 Å². The maximum absolute atomic E-state index is 11.6. The van der Waals surface area contributed by atoms with Crippen LogP contribution in [0, 0.1) is 5.92 Å². The van der Waals surface area contributed by atoms with Crippen molar-refractivity contribution in [1.82, 2.24) is 5.32 Å². The molecule has 1 rings (SSSR count). The Bertz CT molecular complexity index is 437. The van der Waals surface area contributed by atoms with E-state index >= 15 is 0 Å². The van der Waals surface area contributed by atoms with Crippen LogP contribution in [0.4, 0.5) is 0 Å². The number of allylic oxidation sites excluding steroid dienone is 3. The zero-order valence-corrected chi connectivity index (χ0v) is 14.6. The van der Waals surface area contributed by atoms with Crippen LogP contribution < -0.4 is 5.32 Å². The first-order chi connectivity index (χ1) is 11.5. The highest BCUT2D eigenvalue weighted by atomic mass is 16.4. The van der Waals surface area contributed by atoms with Gasteiger partial charge in [0.25, 0.3) is 0 Å². The summed E-state index contributed by atoms with van der Waals surface area (Å²) in [6.07, 6.45) is 17.3. The van der Waals surface area contributed by atoms with E-state index in [1.165, 1.54) is 57.9 Å².